The molecule has 5 nitrogen and oxygen atoms in total. The molecule has 22 heavy (non-hydrogen) atoms. The summed E-state index contributed by atoms with van der Waals surface area (Å²) in [6.07, 6.45) is 2.78. The van der Waals surface area contributed by atoms with Crippen molar-refractivity contribution >= 4 is 21.9 Å². The molecule has 0 aliphatic heterocycles. The Kier molecular flexibility index (Phi) is 2.50. The summed E-state index contributed by atoms with van der Waals surface area (Å²) in [5.74, 6) is -0.0486. The predicted molar refractivity (Wildman–Crippen MR) is 81.0 cm³/mol. The molecule has 0 saturated carbocycles. The minimum atomic E-state index is -0.340. The molecule has 0 aliphatic carbocycles. The van der Waals surface area contributed by atoms with E-state index in [-0.39, 0.29) is 27.9 Å². The molecule has 4 rings (SSSR count). The molecule has 4 aromatic rings. The fourth-order valence-electron chi connectivity index (χ4n) is 2.53. The average molecular weight is 294 g/mol. The van der Waals surface area contributed by atoms with Crippen LogP contribution in [0.3, 0.4) is 0 Å². The van der Waals surface area contributed by atoms with E-state index in [0.717, 1.165) is 0 Å². The lowest BCUT2D eigenvalue weighted by Gasteiger charge is -2.05. The molecule has 108 valence electrons. The molecule has 2 N–H and O–H groups in total. The molecule has 0 unspecified atom stereocenters. The second-order valence-corrected chi connectivity index (χ2v) is 4.96. The zero-order valence-electron chi connectivity index (χ0n) is 11.2. The van der Waals surface area contributed by atoms with Crippen LogP contribution in [0.25, 0.3) is 33.1 Å². The molecule has 0 saturated heterocycles. The second kappa shape index (κ2) is 4.39. The molecule has 2 heterocycles. The van der Waals surface area contributed by atoms with E-state index in [9.17, 15) is 15.0 Å². The average Bonchev–Trinajstić information content (AvgIpc) is 2.97. The standard InChI is InChI=1S/C17H10O5/c18-10-3-1-9(2-4-10)12-8-22-14-7-13-11(5-6-21-13)16(19)15(14)17(12)20/h1-8,18-19H. The number of phenolic OH excluding ortho intramolecular Hbond substituents is 2. The number of hydrogen-bond acceptors (Lipinski definition) is 5. The van der Waals surface area contributed by atoms with Gasteiger partial charge < -0.3 is 19.0 Å². The van der Waals surface area contributed by atoms with Crippen LogP contribution in [0.5, 0.6) is 11.5 Å². The molecular formula is C17H10O5. The molecule has 5 heteroatoms. The lowest BCUT2D eigenvalue weighted by atomic mass is 10.0. The van der Waals surface area contributed by atoms with Gasteiger partial charge in [0.2, 0.25) is 5.43 Å². The van der Waals surface area contributed by atoms with Gasteiger partial charge in [0.15, 0.2) is 0 Å². The van der Waals surface area contributed by atoms with Gasteiger partial charge in [0.05, 0.1) is 17.2 Å². The van der Waals surface area contributed by atoms with Crippen molar-refractivity contribution in [3.8, 4) is 22.6 Å². The summed E-state index contributed by atoms with van der Waals surface area (Å²) < 4.78 is 10.7. The summed E-state index contributed by atoms with van der Waals surface area (Å²) in [5.41, 5.74) is 1.27. The molecule has 0 radical (unpaired) electrons. The lowest BCUT2D eigenvalue weighted by Crippen LogP contribution is -2.05. The van der Waals surface area contributed by atoms with Crippen molar-refractivity contribution < 1.29 is 19.0 Å². The fourth-order valence-corrected chi connectivity index (χ4v) is 2.53. The Labute approximate surface area is 123 Å². The maximum absolute atomic E-state index is 12.7. The number of phenols is 2. The van der Waals surface area contributed by atoms with Crippen LogP contribution in [0.4, 0.5) is 0 Å². The highest BCUT2D eigenvalue weighted by atomic mass is 16.3. The summed E-state index contributed by atoms with van der Waals surface area (Å²) in [6, 6.07) is 9.36. The van der Waals surface area contributed by atoms with Crippen LogP contribution < -0.4 is 5.43 Å². The fraction of sp³-hybridized carbons (Fsp3) is 0. The largest absolute Gasteiger partial charge is 0.508 e. The summed E-state index contributed by atoms with van der Waals surface area (Å²) >= 11 is 0. The Hall–Kier alpha value is -3.21. The summed E-state index contributed by atoms with van der Waals surface area (Å²) in [7, 11) is 0. The molecular weight excluding hydrogens is 284 g/mol. The third-order valence-electron chi connectivity index (χ3n) is 3.65. The van der Waals surface area contributed by atoms with Gasteiger partial charge in [0.1, 0.15) is 34.3 Å². The van der Waals surface area contributed by atoms with E-state index in [0.29, 0.717) is 22.1 Å². The summed E-state index contributed by atoms with van der Waals surface area (Å²) in [5, 5.41) is 20.2. The first-order valence-electron chi connectivity index (χ1n) is 6.59. The van der Waals surface area contributed by atoms with Crippen molar-refractivity contribution in [1.82, 2.24) is 0 Å². The maximum atomic E-state index is 12.7. The van der Waals surface area contributed by atoms with Gasteiger partial charge in [-0.25, -0.2) is 0 Å². The number of benzene rings is 2. The van der Waals surface area contributed by atoms with Crippen molar-refractivity contribution in [3.63, 3.8) is 0 Å². The van der Waals surface area contributed by atoms with E-state index in [1.165, 1.54) is 24.7 Å². The molecule has 0 bridgehead atoms. The van der Waals surface area contributed by atoms with Gasteiger partial charge in [-0.15, -0.1) is 0 Å². The normalized spacial score (nSPS) is 11.3. The Morgan fingerprint density at radius 1 is 0.909 bits per heavy atom. The highest BCUT2D eigenvalue weighted by Gasteiger charge is 2.16. The Morgan fingerprint density at radius 3 is 2.45 bits per heavy atom. The Bertz CT molecular complexity index is 1050. The Balaban J connectivity index is 2.08. The predicted octanol–water partition coefficient (Wildman–Crippen LogP) is 3.62. The van der Waals surface area contributed by atoms with Gasteiger partial charge in [0, 0.05) is 6.07 Å². The third-order valence-corrected chi connectivity index (χ3v) is 3.65. The SMILES string of the molecule is O=c1c(-c2ccc(O)cc2)coc2cc3occc3c(O)c12. The van der Waals surface area contributed by atoms with Gasteiger partial charge in [-0.3, -0.25) is 4.79 Å². The molecule has 2 aromatic heterocycles. The lowest BCUT2D eigenvalue weighted by molar-refractivity contribution is 0.475. The van der Waals surface area contributed by atoms with E-state index >= 15 is 0 Å². The Morgan fingerprint density at radius 2 is 1.68 bits per heavy atom. The van der Waals surface area contributed by atoms with Crippen molar-refractivity contribution in [2.45, 2.75) is 0 Å². The zero-order chi connectivity index (χ0) is 15.3. The quantitative estimate of drug-likeness (QED) is 0.560. The van der Waals surface area contributed by atoms with Gasteiger partial charge in [0.25, 0.3) is 0 Å². The van der Waals surface area contributed by atoms with Crippen molar-refractivity contribution in [3.05, 3.63) is 59.1 Å². The number of aromatic hydroxyl groups is 2. The second-order valence-electron chi connectivity index (χ2n) is 4.96. The number of furan rings is 1. The van der Waals surface area contributed by atoms with E-state index in [1.807, 2.05) is 0 Å². The number of hydrogen-bond donors (Lipinski definition) is 2. The van der Waals surface area contributed by atoms with Crippen molar-refractivity contribution in [2.24, 2.45) is 0 Å². The summed E-state index contributed by atoms with van der Waals surface area (Å²) in [6.45, 7) is 0. The molecule has 2 aromatic carbocycles. The van der Waals surface area contributed by atoms with Crippen LogP contribution in [0.1, 0.15) is 0 Å². The summed E-state index contributed by atoms with van der Waals surface area (Å²) in [4.78, 5) is 12.7. The van der Waals surface area contributed by atoms with Gasteiger partial charge >= 0.3 is 0 Å². The molecule has 0 spiro atoms. The van der Waals surface area contributed by atoms with E-state index in [4.69, 9.17) is 8.83 Å². The highest BCUT2D eigenvalue weighted by Crippen LogP contribution is 2.34. The first kappa shape index (κ1) is 12.5. The van der Waals surface area contributed by atoms with Crippen LogP contribution in [0.2, 0.25) is 0 Å². The van der Waals surface area contributed by atoms with E-state index in [2.05, 4.69) is 0 Å². The molecule has 0 aliphatic rings. The number of fused-ring (bicyclic) bond motifs is 2. The topological polar surface area (TPSA) is 83.8 Å². The van der Waals surface area contributed by atoms with Gasteiger partial charge in [-0.05, 0) is 23.8 Å². The van der Waals surface area contributed by atoms with Crippen LogP contribution in [0, 0.1) is 0 Å². The van der Waals surface area contributed by atoms with Gasteiger partial charge in [-0.1, -0.05) is 12.1 Å². The van der Waals surface area contributed by atoms with Crippen LogP contribution in [-0.4, -0.2) is 10.2 Å². The molecule has 0 amide bonds. The minimum Gasteiger partial charge on any atom is -0.508 e. The van der Waals surface area contributed by atoms with Crippen LogP contribution in [-0.2, 0) is 0 Å². The molecule has 0 atom stereocenters. The third kappa shape index (κ3) is 1.69. The number of rotatable bonds is 1. The first-order chi connectivity index (χ1) is 10.6. The molecule has 0 fully saturated rings. The van der Waals surface area contributed by atoms with E-state index < -0.39 is 0 Å². The van der Waals surface area contributed by atoms with Crippen molar-refractivity contribution in [1.29, 1.82) is 0 Å². The minimum absolute atomic E-state index is 0.108. The monoisotopic (exact) mass is 294 g/mol. The van der Waals surface area contributed by atoms with Gasteiger partial charge in [-0.2, -0.15) is 0 Å². The maximum Gasteiger partial charge on any atom is 0.204 e. The van der Waals surface area contributed by atoms with Crippen LogP contribution in [0.15, 0.2) is 62.6 Å². The smallest absolute Gasteiger partial charge is 0.204 e. The van der Waals surface area contributed by atoms with Crippen LogP contribution >= 0.6 is 0 Å². The zero-order valence-corrected chi connectivity index (χ0v) is 11.2. The highest BCUT2D eigenvalue weighted by molar-refractivity contribution is 6.01. The van der Waals surface area contributed by atoms with Crippen molar-refractivity contribution in [2.75, 3.05) is 0 Å². The first-order valence-corrected chi connectivity index (χ1v) is 6.59. The van der Waals surface area contributed by atoms with E-state index in [1.54, 1.807) is 24.3 Å².